The molecule has 0 unspecified atom stereocenters. The summed E-state index contributed by atoms with van der Waals surface area (Å²) in [5.74, 6) is 1.48. The molecule has 1 saturated carbocycles. The largest absolute Gasteiger partial charge is 0.479 e. The van der Waals surface area contributed by atoms with Crippen LogP contribution in [0, 0.1) is 11.3 Å². The minimum Gasteiger partial charge on any atom is -0.479 e. The molecule has 1 fully saturated rings. The van der Waals surface area contributed by atoms with Gasteiger partial charge in [-0.15, -0.1) is 0 Å². The Kier molecular flexibility index (Phi) is 4.07. The number of hydrogen-bond donors (Lipinski definition) is 1. The first-order valence-electron chi connectivity index (χ1n) is 7.28. The quantitative estimate of drug-likeness (QED) is 0.866. The molecule has 0 heterocycles. The van der Waals surface area contributed by atoms with Crippen molar-refractivity contribution in [3.8, 4) is 11.8 Å². The number of nitrogens with one attached hydrogen (secondary N) is 1. The van der Waals surface area contributed by atoms with E-state index in [-0.39, 0.29) is 6.61 Å². The monoisotopic (exact) mass is 278 g/mol. The lowest BCUT2D eigenvalue weighted by Gasteiger charge is -2.12. The third-order valence-electron chi connectivity index (χ3n) is 3.69. The number of ether oxygens (including phenoxy) is 1. The summed E-state index contributed by atoms with van der Waals surface area (Å²) in [4.78, 5) is 0. The first-order valence-corrected chi connectivity index (χ1v) is 7.28. The van der Waals surface area contributed by atoms with Crippen LogP contribution >= 0.6 is 0 Å². The normalized spacial score (nSPS) is 13.5. The van der Waals surface area contributed by atoms with E-state index in [0.29, 0.717) is 0 Å². The average molecular weight is 278 g/mol. The Balaban J connectivity index is 1.66. The van der Waals surface area contributed by atoms with Crippen LogP contribution in [0.25, 0.3) is 0 Å². The van der Waals surface area contributed by atoms with Gasteiger partial charge in [0.15, 0.2) is 6.61 Å². The smallest absolute Gasteiger partial charge is 0.174 e. The molecule has 0 amide bonds. The van der Waals surface area contributed by atoms with Crippen molar-refractivity contribution in [3.05, 3.63) is 59.7 Å². The number of hydrogen-bond acceptors (Lipinski definition) is 3. The van der Waals surface area contributed by atoms with Crippen LogP contribution in [0.1, 0.15) is 29.9 Å². The molecule has 1 N–H and O–H groups in total. The standard InChI is InChI=1S/C18H18N2O/c19-10-11-21-17-6-3-5-16(12-17)20-13-15-4-1-2-7-18(15)14-8-9-14/h1-7,12,14,20H,8-9,11,13H2. The van der Waals surface area contributed by atoms with E-state index in [1.807, 2.05) is 30.3 Å². The van der Waals surface area contributed by atoms with Crippen molar-refractivity contribution in [2.45, 2.75) is 25.3 Å². The van der Waals surface area contributed by atoms with Gasteiger partial charge in [0.2, 0.25) is 0 Å². The Bertz CT molecular complexity index is 656. The summed E-state index contributed by atoms with van der Waals surface area (Å²) in [6.45, 7) is 0.891. The topological polar surface area (TPSA) is 45.0 Å². The van der Waals surface area contributed by atoms with Gasteiger partial charge in [0.25, 0.3) is 0 Å². The fourth-order valence-corrected chi connectivity index (χ4v) is 2.50. The van der Waals surface area contributed by atoms with Gasteiger partial charge in [0, 0.05) is 18.3 Å². The molecule has 21 heavy (non-hydrogen) atoms. The number of benzene rings is 2. The maximum absolute atomic E-state index is 8.55. The second kappa shape index (κ2) is 6.32. The Morgan fingerprint density at radius 3 is 2.81 bits per heavy atom. The van der Waals surface area contributed by atoms with E-state index in [1.54, 1.807) is 0 Å². The first kappa shape index (κ1) is 13.5. The molecule has 0 saturated heterocycles. The Morgan fingerprint density at radius 2 is 2.00 bits per heavy atom. The minimum absolute atomic E-state index is 0.0773. The van der Waals surface area contributed by atoms with E-state index in [9.17, 15) is 0 Å². The SMILES string of the molecule is N#CCOc1cccc(NCc2ccccc2C2CC2)c1. The van der Waals surface area contributed by atoms with Crippen LogP contribution in [0.4, 0.5) is 5.69 Å². The van der Waals surface area contributed by atoms with E-state index >= 15 is 0 Å². The zero-order valence-corrected chi connectivity index (χ0v) is 11.9. The van der Waals surface area contributed by atoms with Crippen molar-refractivity contribution in [1.29, 1.82) is 5.26 Å². The number of nitriles is 1. The molecule has 0 spiro atoms. The lowest BCUT2D eigenvalue weighted by atomic mass is 10.0. The van der Waals surface area contributed by atoms with Gasteiger partial charge in [-0.3, -0.25) is 0 Å². The van der Waals surface area contributed by atoms with Gasteiger partial charge in [0.05, 0.1) is 0 Å². The molecule has 1 aliphatic carbocycles. The second-order valence-corrected chi connectivity index (χ2v) is 5.30. The van der Waals surface area contributed by atoms with Gasteiger partial charge in [-0.05, 0) is 42.0 Å². The highest BCUT2D eigenvalue weighted by Gasteiger charge is 2.25. The molecule has 106 valence electrons. The molecule has 3 rings (SSSR count). The molecule has 0 atom stereocenters. The van der Waals surface area contributed by atoms with Crippen LogP contribution in [-0.2, 0) is 6.54 Å². The van der Waals surface area contributed by atoms with Crippen molar-refractivity contribution in [2.24, 2.45) is 0 Å². The van der Waals surface area contributed by atoms with Crippen molar-refractivity contribution >= 4 is 5.69 Å². The summed E-state index contributed by atoms with van der Waals surface area (Å²) in [5, 5.41) is 12.0. The van der Waals surface area contributed by atoms with Gasteiger partial charge in [0.1, 0.15) is 11.8 Å². The van der Waals surface area contributed by atoms with E-state index in [2.05, 4.69) is 29.6 Å². The van der Waals surface area contributed by atoms with E-state index in [4.69, 9.17) is 10.00 Å². The third kappa shape index (κ3) is 3.55. The van der Waals surface area contributed by atoms with E-state index in [1.165, 1.54) is 24.0 Å². The van der Waals surface area contributed by atoms with Crippen LogP contribution < -0.4 is 10.1 Å². The zero-order chi connectivity index (χ0) is 14.5. The van der Waals surface area contributed by atoms with Gasteiger partial charge in [-0.1, -0.05) is 30.3 Å². The molecular weight excluding hydrogens is 260 g/mol. The molecule has 3 nitrogen and oxygen atoms in total. The van der Waals surface area contributed by atoms with Crippen LogP contribution in [0.2, 0.25) is 0 Å². The predicted molar refractivity (Wildman–Crippen MR) is 83.3 cm³/mol. The third-order valence-corrected chi connectivity index (χ3v) is 3.69. The Hall–Kier alpha value is -2.47. The molecule has 3 heteroatoms. The minimum atomic E-state index is 0.0773. The van der Waals surface area contributed by atoms with Crippen molar-refractivity contribution in [3.63, 3.8) is 0 Å². The maximum Gasteiger partial charge on any atom is 0.174 e. The van der Waals surface area contributed by atoms with Gasteiger partial charge in [-0.25, -0.2) is 0 Å². The summed E-state index contributed by atoms with van der Waals surface area (Å²) < 4.78 is 5.32. The van der Waals surface area contributed by atoms with E-state index in [0.717, 1.165) is 23.9 Å². The summed E-state index contributed by atoms with van der Waals surface area (Å²) >= 11 is 0. The van der Waals surface area contributed by atoms with Gasteiger partial charge >= 0.3 is 0 Å². The zero-order valence-electron chi connectivity index (χ0n) is 11.9. The molecule has 1 aliphatic rings. The van der Waals surface area contributed by atoms with Gasteiger partial charge < -0.3 is 10.1 Å². The highest BCUT2D eigenvalue weighted by atomic mass is 16.5. The Morgan fingerprint density at radius 1 is 1.14 bits per heavy atom. The fraction of sp³-hybridized carbons (Fsp3) is 0.278. The predicted octanol–water partition coefficient (Wildman–Crippen LogP) is 4.08. The molecule has 2 aromatic carbocycles. The molecule has 2 aromatic rings. The first-order chi connectivity index (χ1) is 10.4. The van der Waals surface area contributed by atoms with Crippen LogP contribution in [0.5, 0.6) is 5.75 Å². The lowest BCUT2D eigenvalue weighted by Crippen LogP contribution is -2.03. The number of anilines is 1. The lowest BCUT2D eigenvalue weighted by molar-refractivity contribution is 0.368. The van der Waals surface area contributed by atoms with Crippen molar-refractivity contribution < 1.29 is 4.74 Å². The molecule has 0 aliphatic heterocycles. The molecule has 0 aromatic heterocycles. The number of rotatable bonds is 6. The van der Waals surface area contributed by atoms with Crippen LogP contribution in [0.3, 0.4) is 0 Å². The molecule has 0 bridgehead atoms. The van der Waals surface area contributed by atoms with Crippen LogP contribution in [0.15, 0.2) is 48.5 Å². The van der Waals surface area contributed by atoms with E-state index < -0.39 is 0 Å². The fourth-order valence-electron chi connectivity index (χ4n) is 2.50. The number of nitrogens with zero attached hydrogens (tertiary/aromatic N) is 1. The Labute approximate surface area is 125 Å². The van der Waals surface area contributed by atoms with Gasteiger partial charge in [-0.2, -0.15) is 5.26 Å². The average Bonchev–Trinajstić information content (AvgIpc) is 3.36. The van der Waals surface area contributed by atoms with Crippen molar-refractivity contribution in [2.75, 3.05) is 11.9 Å². The summed E-state index contributed by atoms with van der Waals surface area (Å²) in [6.07, 6.45) is 2.63. The summed E-state index contributed by atoms with van der Waals surface area (Å²) in [7, 11) is 0. The summed E-state index contributed by atoms with van der Waals surface area (Å²) in [6, 6.07) is 18.4. The molecule has 0 radical (unpaired) electrons. The maximum atomic E-state index is 8.55. The van der Waals surface area contributed by atoms with Crippen molar-refractivity contribution in [1.82, 2.24) is 0 Å². The highest BCUT2D eigenvalue weighted by molar-refractivity contribution is 5.49. The second-order valence-electron chi connectivity index (χ2n) is 5.30. The summed E-state index contributed by atoms with van der Waals surface area (Å²) in [5.41, 5.74) is 3.85. The van der Waals surface area contributed by atoms with Crippen LogP contribution in [-0.4, -0.2) is 6.61 Å². The highest BCUT2D eigenvalue weighted by Crippen LogP contribution is 2.41. The molecular formula is C18H18N2O.